The number of phenolic OH excluding ortho intramolecular Hbond substituents is 1. The van der Waals surface area contributed by atoms with Crippen LogP contribution in [0.4, 0.5) is 0 Å². The summed E-state index contributed by atoms with van der Waals surface area (Å²) in [5.41, 5.74) is -0.543. The standard InChI is InChI=1S/C18H20O5S/c1-18(2,3)23-17(21)11-7-10(11)16(20)15-6-9-5-12(19)13(22-4)8-14(9)24-15/h5-6,8,10-11,19H,7H2,1-4H3/t10-,11-/m0/s1. The molecule has 0 amide bonds. The number of ether oxygens (including phenoxy) is 2. The van der Waals surface area contributed by atoms with Crippen LogP contribution in [0, 0.1) is 11.8 Å². The first-order valence-corrected chi connectivity index (χ1v) is 8.59. The zero-order chi connectivity index (χ0) is 17.6. The zero-order valence-electron chi connectivity index (χ0n) is 14.1. The Kier molecular flexibility index (Phi) is 4.03. The van der Waals surface area contributed by atoms with Crippen molar-refractivity contribution in [1.29, 1.82) is 0 Å². The monoisotopic (exact) mass is 348 g/mol. The summed E-state index contributed by atoms with van der Waals surface area (Å²) in [7, 11) is 1.48. The summed E-state index contributed by atoms with van der Waals surface area (Å²) >= 11 is 1.35. The van der Waals surface area contributed by atoms with Crippen LogP contribution in [0.1, 0.15) is 36.9 Å². The maximum absolute atomic E-state index is 12.6. The number of carbonyl (C=O) groups is 2. The maximum atomic E-state index is 12.6. The van der Waals surface area contributed by atoms with Gasteiger partial charge in [0.1, 0.15) is 5.60 Å². The van der Waals surface area contributed by atoms with Crippen LogP contribution in [-0.4, -0.2) is 29.6 Å². The number of phenols is 1. The molecule has 6 heteroatoms. The quantitative estimate of drug-likeness (QED) is 0.672. The number of methoxy groups -OCH3 is 1. The number of benzene rings is 1. The van der Waals surface area contributed by atoms with Crippen molar-refractivity contribution in [1.82, 2.24) is 0 Å². The number of fused-ring (bicyclic) bond motifs is 1. The minimum atomic E-state index is -0.543. The van der Waals surface area contributed by atoms with E-state index in [9.17, 15) is 14.7 Å². The van der Waals surface area contributed by atoms with Crippen LogP contribution in [-0.2, 0) is 9.53 Å². The lowest BCUT2D eigenvalue weighted by atomic mass is 10.1. The Morgan fingerprint density at radius 3 is 2.54 bits per heavy atom. The molecule has 2 atom stereocenters. The highest BCUT2D eigenvalue weighted by Crippen LogP contribution is 2.45. The first-order valence-electron chi connectivity index (χ1n) is 7.77. The van der Waals surface area contributed by atoms with Gasteiger partial charge < -0.3 is 14.6 Å². The molecule has 1 aliphatic carbocycles. The van der Waals surface area contributed by atoms with E-state index in [2.05, 4.69) is 0 Å². The number of rotatable bonds is 4. The van der Waals surface area contributed by atoms with Gasteiger partial charge in [0.25, 0.3) is 0 Å². The molecule has 0 spiro atoms. The Labute approximate surface area is 144 Å². The maximum Gasteiger partial charge on any atom is 0.310 e. The lowest BCUT2D eigenvalue weighted by molar-refractivity contribution is -0.156. The molecule has 0 radical (unpaired) electrons. The number of esters is 1. The van der Waals surface area contributed by atoms with E-state index in [1.165, 1.54) is 18.4 Å². The number of hydrogen-bond acceptors (Lipinski definition) is 6. The van der Waals surface area contributed by atoms with Crippen molar-refractivity contribution in [3.8, 4) is 11.5 Å². The van der Waals surface area contributed by atoms with Crippen molar-refractivity contribution in [3.05, 3.63) is 23.1 Å². The molecule has 0 unspecified atom stereocenters. The third-order valence-corrected chi connectivity index (χ3v) is 5.01. The molecule has 128 valence electrons. The van der Waals surface area contributed by atoms with E-state index in [4.69, 9.17) is 9.47 Å². The number of Topliss-reactive ketones (excluding diaryl/α,β-unsaturated/α-hetero) is 1. The Morgan fingerprint density at radius 1 is 1.21 bits per heavy atom. The van der Waals surface area contributed by atoms with Gasteiger partial charge in [0.15, 0.2) is 17.3 Å². The van der Waals surface area contributed by atoms with Crippen LogP contribution >= 0.6 is 11.3 Å². The lowest BCUT2D eigenvalue weighted by Gasteiger charge is -2.19. The molecule has 1 saturated carbocycles. The molecular formula is C18H20O5S. The molecule has 1 heterocycles. The zero-order valence-corrected chi connectivity index (χ0v) is 14.9. The number of ketones is 1. The number of hydrogen-bond donors (Lipinski definition) is 1. The summed E-state index contributed by atoms with van der Waals surface area (Å²) in [5, 5.41) is 10.6. The molecule has 5 nitrogen and oxygen atoms in total. The third kappa shape index (κ3) is 3.24. The summed E-state index contributed by atoms with van der Waals surface area (Å²) in [6.45, 7) is 5.45. The topological polar surface area (TPSA) is 72.8 Å². The third-order valence-electron chi connectivity index (χ3n) is 3.90. The Balaban J connectivity index is 1.77. The fourth-order valence-electron chi connectivity index (χ4n) is 2.65. The van der Waals surface area contributed by atoms with Crippen molar-refractivity contribution in [3.63, 3.8) is 0 Å². The first kappa shape index (κ1) is 16.8. The summed E-state index contributed by atoms with van der Waals surface area (Å²) in [6, 6.07) is 5.05. The molecule has 1 aliphatic rings. The molecule has 1 N–H and O–H groups in total. The fourth-order valence-corrected chi connectivity index (χ4v) is 3.72. The van der Waals surface area contributed by atoms with Crippen LogP contribution < -0.4 is 4.74 Å². The fraction of sp³-hybridized carbons (Fsp3) is 0.444. The van der Waals surface area contributed by atoms with Gasteiger partial charge in [0, 0.05) is 16.7 Å². The highest BCUT2D eigenvalue weighted by Gasteiger charge is 2.50. The van der Waals surface area contributed by atoms with Gasteiger partial charge in [-0.05, 0) is 44.7 Å². The molecule has 24 heavy (non-hydrogen) atoms. The van der Waals surface area contributed by atoms with Gasteiger partial charge in [0.2, 0.25) is 0 Å². The van der Waals surface area contributed by atoms with E-state index in [-0.39, 0.29) is 29.3 Å². The first-order chi connectivity index (χ1) is 11.2. The van der Waals surface area contributed by atoms with E-state index in [1.807, 2.05) is 20.8 Å². The summed E-state index contributed by atoms with van der Waals surface area (Å²) < 4.78 is 11.3. The average Bonchev–Trinajstić information content (AvgIpc) is 3.18. The molecule has 0 bridgehead atoms. The van der Waals surface area contributed by atoms with Gasteiger partial charge in [-0.25, -0.2) is 0 Å². The number of aromatic hydroxyl groups is 1. The van der Waals surface area contributed by atoms with Gasteiger partial charge in [-0.15, -0.1) is 11.3 Å². The normalized spacial score (nSPS) is 20.0. The predicted molar refractivity (Wildman–Crippen MR) is 91.8 cm³/mol. The Bertz CT molecular complexity index is 815. The van der Waals surface area contributed by atoms with Crippen LogP contribution in [0.25, 0.3) is 10.1 Å². The second-order valence-corrected chi connectivity index (χ2v) is 8.10. The van der Waals surface area contributed by atoms with Crippen molar-refractivity contribution in [2.75, 3.05) is 7.11 Å². The largest absolute Gasteiger partial charge is 0.504 e. The summed E-state index contributed by atoms with van der Waals surface area (Å²) in [6.07, 6.45) is 0.538. The van der Waals surface area contributed by atoms with E-state index in [1.54, 1.807) is 18.2 Å². The molecule has 0 saturated heterocycles. The second kappa shape index (κ2) is 5.77. The van der Waals surface area contributed by atoms with E-state index in [0.717, 1.165) is 10.1 Å². The van der Waals surface area contributed by atoms with E-state index >= 15 is 0 Å². The van der Waals surface area contributed by atoms with Crippen LogP contribution in [0.2, 0.25) is 0 Å². The van der Waals surface area contributed by atoms with Crippen molar-refractivity contribution in [2.24, 2.45) is 11.8 Å². The molecule has 1 aromatic heterocycles. The minimum Gasteiger partial charge on any atom is -0.504 e. The Hall–Kier alpha value is -2.08. The van der Waals surface area contributed by atoms with Crippen molar-refractivity contribution < 1.29 is 24.2 Å². The van der Waals surface area contributed by atoms with E-state index < -0.39 is 5.60 Å². The SMILES string of the molecule is COc1cc2sc(C(=O)[C@H]3C[C@@H]3C(=O)OC(C)(C)C)cc2cc1O. The molecule has 1 fully saturated rings. The molecule has 3 rings (SSSR count). The van der Waals surface area contributed by atoms with Crippen LogP contribution in [0.15, 0.2) is 18.2 Å². The summed E-state index contributed by atoms with van der Waals surface area (Å²) in [4.78, 5) is 25.2. The van der Waals surface area contributed by atoms with Gasteiger partial charge in [-0.2, -0.15) is 0 Å². The lowest BCUT2D eigenvalue weighted by Crippen LogP contribution is -2.25. The van der Waals surface area contributed by atoms with E-state index in [0.29, 0.717) is 17.0 Å². The Morgan fingerprint density at radius 2 is 1.92 bits per heavy atom. The molecule has 2 aromatic rings. The number of thiophene rings is 1. The smallest absolute Gasteiger partial charge is 0.310 e. The molecule has 0 aliphatic heterocycles. The highest BCUT2D eigenvalue weighted by atomic mass is 32.1. The van der Waals surface area contributed by atoms with Gasteiger partial charge >= 0.3 is 5.97 Å². The number of carbonyl (C=O) groups excluding carboxylic acids is 2. The van der Waals surface area contributed by atoms with Crippen LogP contribution in [0.5, 0.6) is 11.5 Å². The highest BCUT2D eigenvalue weighted by molar-refractivity contribution is 7.20. The van der Waals surface area contributed by atoms with Crippen molar-refractivity contribution in [2.45, 2.75) is 32.8 Å². The van der Waals surface area contributed by atoms with Gasteiger partial charge in [-0.3, -0.25) is 9.59 Å². The predicted octanol–water partition coefficient (Wildman–Crippen LogP) is 3.78. The average molecular weight is 348 g/mol. The summed E-state index contributed by atoms with van der Waals surface area (Å²) in [5.74, 6) is -0.568. The van der Waals surface area contributed by atoms with Gasteiger partial charge in [0.05, 0.1) is 17.9 Å². The minimum absolute atomic E-state index is 0.0366. The second-order valence-electron chi connectivity index (χ2n) is 7.02. The van der Waals surface area contributed by atoms with Crippen LogP contribution in [0.3, 0.4) is 0 Å². The molecule has 1 aromatic carbocycles. The van der Waals surface area contributed by atoms with Gasteiger partial charge in [-0.1, -0.05) is 0 Å². The van der Waals surface area contributed by atoms with Crippen molar-refractivity contribution >= 4 is 33.2 Å². The molecular weight excluding hydrogens is 328 g/mol.